The number of carbonyl (C=O) groups excluding carboxylic acids is 2. The third kappa shape index (κ3) is 4.85. The van der Waals surface area contributed by atoms with Gasteiger partial charge < -0.3 is 9.47 Å². The van der Waals surface area contributed by atoms with Crippen LogP contribution in [0.15, 0.2) is 47.4 Å². The molecular weight excluding hydrogens is 394 g/mol. The molecule has 0 amide bonds. The number of sulfonamides is 1. The van der Waals surface area contributed by atoms with Crippen LogP contribution in [0.1, 0.15) is 27.6 Å². The Morgan fingerprint density at radius 2 is 1.67 bits per heavy atom. The fourth-order valence-corrected chi connectivity index (χ4v) is 3.30. The number of hydrogen-bond donors (Lipinski definition) is 1. The summed E-state index contributed by atoms with van der Waals surface area (Å²) in [5.41, 5.74) is 0.313. The van der Waals surface area contributed by atoms with E-state index in [-0.39, 0.29) is 16.2 Å². The Kier molecular flexibility index (Phi) is 6.59. The van der Waals surface area contributed by atoms with Crippen LogP contribution >= 0.6 is 11.6 Å². The predicted octanol–water partition coefficient (Wildman–Crippen LogP) is 2.68. The smallest absolute Gasteiger partial charge is 0.338 e. The Morgan fingerprint density at radius 1 is 1.07 bits per heavy atom. The number of benzene rings is 2. The zero-order valence-corrected chi connectivity index (χ0v) is 16.4. The van der Waals surface area contributed by atoms with E-state index in [1.54, 1.807) is 12.1 Å². The number of rotatable bonds is 7. The Morgan fingerprint density at radius 3 is 2.22 bits per heavy atom. The topological polar surface area (TPSA) is 98.8 Å². The van der Waals surface area contributed by atoms with Gasteiger partial charge >= 0.3 is 5.97 Å². The highest BCUT2D eigenvalue weighted by Gasteiger charge is 2.24. The van der Waals surface area contributed by atoms with Gasteiger partial charge in [-0.05, 0) is 56.4 Å². The molecule has 0 unspecified atom stereocenters. The molecule has 2 aromatic rings. The average Bonchev–Trinajstić information content (AvgIpc) is 2.67. The molecule has 0 spiro atoms. The summed E-state index contributed by atoms with van der Waals surface area (Å²) in [5.74, 6) is -1.16. The van der Waals surface area contributed by atoms with Gasteiger partial charge in [-0.25, -0.2) is 17.9 Å². The number of nitrogens with one attached hydrogen (secondary N) is 1. The molecule has 0 heterocycles. The lowest BCUT2D eigenvalue weighted by molar-refractivity contribution is 0.0318. The summed E-state index contributed by atoms with van der Waals surface area (Å²) in [6.45, 7) is 1.43. The van der Waals surface area contributed by atoms with Crippen LogP contribution in [-0.4, -0.2) is 40.4 Å². The van der Waals surface area contributed by atoms with Crippen LogP contribution in [0.4, 0.5) is 0 Å². The second kappa shape index (κ2) is 8.51. The maximum absolute atomic E-state index is 12.4. The first kappa shape index (κ1) is 20.9. The van der Waals surface area contributed by atoms with Crippen LogP contribution in [-0.2, 0) is 14.8 Å². The number of carbonyl (C=O) groups is 2. The first-order valence-electron chi connectivity index (χ1n) is 7.82. The first-order chi connectivity index (χ1) is 12.7. The van der Waals surface area contributed by atoms with E-state index in [1.807, 2.05) is 0 Å². The van der Waals surface area contributed by atoms with Gasteiger partial charge in [0.2, 0.25) is 15.8 Å². The van der Waals surface area contributed by atoms with E-state index in [1.165, 1.54) is 45.3 Å². The van der Waals surface area contributed by atoms with E-state index in [0.29, 0.717) is 10.6 Å². The molecule has 0 saturated carbocycles. The summed E-state index contributed by atoms with van der Waals surface area (Å²) in [4.78, 5) is 24.5. The van der Waals surface area contributed by atoms with E-state index in [2.05, 4.69) is 4.72 Å². The minimum Gasteiger partial charge on any atom is -0.495 e. The molecular formula is C18H18ClNO6S. The van der Waals surface area contributed by atoms with Crippen LogP contribution in [0.3, 0.4) is 0 Å². The SMILES string of the molecule is CNS(=O)(=O)c1cc(C(=O)O[C@H](C)C(=O)c2ccc(Cl)cc2)ccc1OC. The van der Waals surface area contributed by atoms with Crippen molar-refractivity contribution in [3.8, 4) is 5.75 Å². The van der Waals surface area contributed by atoms with Crippen molar-refractivity contribution in [2.45, 2.75) is 17.9 Å². The molecule has 2 rings (SSSR count). The normalized spacial score (nSPS) is 12.3. The van der Waals surface area contributed by atoms with Gasteiger partial charge in [-0.3, -0.25) is 4.79 Å². The predicted molar refractivity (Wildman–Crippen MR) is 99.9 cm³/mol. The molecule has 1 atom stereocenters. The minimum absolute atomic E-state index is 0.0274. The molecule has 144 valence electrons. The van der Waals surface area contributed by atoms with Crippen molar-refractivity contribution in [3.63, 3.8) is 0 Å². The highest BCUT2D eigenvalue weighted by atomic mass is 35.5. The van der Waals surface area contributed by atoms with Crippen LogP contribution < -0.4 is 9.46 Å². The van der Waals surface area contributed by atoms with Gasteiger partial charge in [0, 0.05) is 10.6 Å². The second-order valence-electron chi connectivity index (χ2n) is 5.49. The molecule has 0 aliphatic rings. The van der Waals surface area contributed by atoms with E-state index in [0.717, 1.165) is 6.07 Å². The highest BCUT2D eigenvalue weighted by molar-refractivity contribution is 7.89. The molecule has 0 aliphatic heterocycles. The third-order valence-electron chi connectivity index (χ3n) is 3.74. The Bertz CT molecular complexity index is 956. The van der Waals surface area contributed by atoms with E-state index >= 15 is 0 Å². The third-order valence-corrected chi connectivity index (χ3v) is 5.43. The minimum atomic E-state index is -3.85. The van der Waals surface area contributed by atoms with Gasteiger partial charge in [0.05, 0.1) is 12.7 Å². The van der Waals surface area contributed by atoms with Crippen LogP contribution in [0.5, 0.6) is 5.75 Å². The Labute approximate surface area is 162 Å². The van der Waals surface area contributed by atoms with Crippen molar-refractivity contribution in [2.75, 3.05) is 14.2 Å². The van der Waals surface area contributed by atoms with Crippen molar-refractivity contribution >= 4 is 33.4 Å². The maximum Gasteiger partial charge on any atom is 0.338 e. The monoisotopic (exact) mass is 411 g/mol. The lowest BCUT2D eigenvalue weighted by Gasteiger charge is -2.14. The summed E-state index contributed by atoms with van der Waals surface area (Å²) >= 11 is 5.79. The molecule has 0 fully saturated rings. The van der Waals surface area contributed by atoms with E-state index in [9.17, 15) is 18.0 Å². The number of ketones is 1. The summed E-state index contributed by atoms with van der Waals surface area (Å²) in [7, 11) is -1.29. The first-order valence-corrected chi connectivity index (χ1v) is 9.68. The molecule has 0 radical (unpaired) electrons. The summed E-state index contributed by atoms with van der Waals surface area (Å²) < 4.78 is 36.5. The second-order valence-corrected chi connectivity index (χ2v) is 7.78. The van der Waals surface area contributed by atoms with Gasteiger partial charge in [-0.1, -0.05) is 11.6 Å². The summed E-state index contributed by atoms with van der Waals surface area (Å²) in [6.07, 6.45) is -1.06. The van der Waals surface area contributed by atoms with Gasteiger partial charge in [0.25, 0.3) is 0 Å². The van der Waals surface area contributed by atoms with Crippen LogP contribution in [0, 0.1) is 0 Å². The number of esters is 1. The Balaban J connectivity index is 2.23. The maximum atomic E-state index is 12.4. The quantitative estimate of drug-likeness (QED) is 0.555. The molecule has 0 aromatic heterocycles. The van der Waals surface area contributed by atoms with Crippen LogP contribution in [0.2, 0.25) is 5.02 Å². The molecule has 1 N–H and O–H groups in total. The van der Waals surface area contributed by atoms with Gasteiger partial charge in [-0.15, -0.1) is 0 Å². The largest absolute Gasteiger partial charge is 0.495 e. The summed E-state index contributed by atoms with van der Waals surface area (Å²) in [5, 5.41) is 0.479. The fraction of sp³-hybridized carbons (Fsp3) is 0.222. The molecule has 27 heavy (non-hydrogen) atoms. The lowest BCUT2D eigenvalue weighted by Crippen LogP contribution is -2.25. The molecule has 2 aromatic carbocycles. The van der Waals surface area contributed by atoms with Crippen LogP contribution in [0.25, 0.3) is 0 Å². The van der Waals surface area contributed by atoms with E-state index in [4.69, 9.17) is 21.1 Å². The average molecular weight is 412 g/mol. The highest BCUT2D eigenvalue weighted by Crippen LogP contribution is 2.25. The number of ether oxygens (including phenoxy) is 2. The van der Waals surface area contributed by atoms with Crippen molar-refractivity contribution in [1.29, 1.82) is 0 Å². The zero-order valence-electron chi connectivity index (χ0n) is 14.9. The van der Waals surface area contributed by atoms with E-state index < -0.39 is 27.9 Å². The lowest BCUT2D eigenvalue weighted by atomic mass is 10.1. The molecule has 0 aliphatic carbocycles. The molecule has 0 bridgehead atoms. The van der Waals surface area contributed by atoms with Gasteiger partial charge in [-0.2, -0.15) is 0 Å². The number of methoxy groups -OCH3 is 1. The molecule has 9 heteroatoms. The zero-order chi connectivity index (χ0) is 20.2. The van der Waals surface area contributed by atoms with Crippen molar-refractivity contribution in [1.82, 2.24) is 4.72 Å². The van der Waals surface area contributed by atoms with Gasteiger partial charge in [0.15, 0.2) is 6.10 Å². The van der Waals surface area contributed by atoms with Crippen molar-refractivity contribution in [3.05, 3.63) is 58.6 Å². The van der Waals surface area contributed by atoms with Gasteiger partial charge in [0.1, 0.15) is 10.6 Å². The molecule has 7 nitrogen and oxygen atoms in total. The molecule has 0 saturated heterocycles. The standard InChI is InChI=1S/C18H18ClNO6S/c1-11(17(21)12-4-7-14(19)8-5-12)26-18(22)13-6-9-15(25-3)16(10-13)27(23,24)20-2/h4-11,20H,1-3H3/t11-/m1/s1. The summed E-state index contributed by atoms with van der Waals surface area (Å²) in [6, 6.07) is 10.00. The number of halogens is 1. The van der Waals surface area contributed by atoms with Crippen molar-refractivity contribution < 1.29 is 27.5 Å². The number of hydrogen-bond acceptors (Lipinski definition) is 6. The van der Waals surface area contributed by atoms with Crippen molar-refractivity contribution in [2.24, 2.45) is 0 Å². The fourth-order valence-electron chi connectivity index (χ4n) is 2.25. The number of Topliss-reactive ketones (excluding diaryl/α,β-unsaturated/α-hetero) is 1. The Hall–Kier alpha value is -2.42.